The van der Waals surface area contributed by atoms with Gasteiger partial charge in [-0.25, -0.2) is 9.59 Å². The first-order chi connectivity index (χ1) is 14.4. The summed E-state index contributed by atoms with van der Waals surface area (Å²) in [5, 5.41) is 0. The van der Waals surface area contributed by atoms with Crippen LogP contribution in [0.25, 0.3) is 0 Å². The maximum absolute atomic E-state index is 12.7. The first kappa shape index (κ1) is 23.0. The SMILES string of the molecule is C[C@H](C[C@H](OC(=O)c1ccc(Br)cc1)C1CCCCC1)OC(=O)c1ccc(Br)cc1. The molecule has 2 atom stereocenters. The average molecular weight is 538 g/mol. The van der Waals surface area contributed by atoms with E-state index in [1.54, 1.807) is 24.3 Å². The van der Waals surface area contributed by atoms with Crippen molar-refractivity contribution in [2.45, 2.75) is 57.7 Å². The summed E-state index contributed by atoms with van der Waals surface area (Å²) in [4.78, 5) is 25.2. The van der Waals surface area contributed by atoms with Crippen molar-refractivity contribution in [1.29, 1.82) is 0 Å². The molecule has 0 radical (unpaired) electrons. The number of carbonyl (C=O) groups is 2. The molecule has 3 rings (SSSR count). The number of halogens is 2. The van der Waals surface area contributed by atoms with Gasteiger partial charge in [-0.3, -0.25) is 0 Å². The summed E-state index contributed by atoms with van der Waals surface area (Å²) in [5.41, 5.74) is 1.03. The van der Waals surface area contributed by atoms with Crippen molar-refractivity contribution in [3.63, 3.8) is 0 Å². The van der Waals surface area contributed by atoms with Crippen LogP contribution in [0.4, 0.5) is 0 Å². The molecule has 6 heteroatoms. The standard InChI is InChI=1S/C24H26Br2O4/c1-16(29-23(27)18-7-11-20(25)12-8-18)15-22(17-5-3-2-4-6-17)30-24(28)19-9-13-21(26)14-10-19/h7-14,16-17,22H,2-6,15H2,1H3/t16-,22+/m1/s1. The Kier molecular flexibility index (Phi) is 8.51. The highest BCUT2D eigenvalue weighted by atomic mass is 79.9. The topological polar surface area (TPSA) is 52.6 Å². The first-order valence-electron chi connectivity index (χ1n) is 10.4. The number of carbonyl (C=O) groups excluding carboxylic acids is 2. The van der Waals surface area contributed by atoms with E-state index in [2.05, 4.69) is 31.9 Å². The van der Waals surface area contributed by atoms with Gasteiger partial charge in [-0.15, -0.1) is 0 Å². The smallest absolute Gasteiger partial charge is 0.338 e. The van der Waals surface area contributed by atoms with Gasteiger partial charge in [0.25, 0.3) is 0 Å². The number of ether oxygens (including phenoxy) is 2. The van der Waals surface area contributed by atoms with E-state index in [1.807, 2.05) is 31.2 Å². The van der Waals surface area contributed by atoms with Crippen molar-refractivity contribution < 1.29 is 19.1 Å². The minimum Gasteiger partial charge on any atom is -0.459 e. The molecule has 0 saturated heterocycles. The molecule has 2 aromatic rings. The first-order valence-corrected chi connectivity index (χ1v) is 11.9. The van der Waals surface area contributed by atoms with Gasteiger partial charge in [-0.05, 0) is 74.2 Å². The van der Waals surface area contributed by atoms with Crippen molar-refractivity contribution in [2.24, 2.45) is 5.92 Å². The van der Waals surface area contributed by atoms with Crippen LogP contribution in [0.1, 0.15) is 66.2 Å². The molecule has 30 heavy (non-hydrogen) atoms. The minimum absolute atomic E-state index is 0.269. The Labute approximate surface area is 194 Å². The lowest BCUT2D eigenvalue weighted by Gasteiger charge is -2.31. The molecule has 0 bridgehead atoms. The largest absolute Gasteiger partial charge is 0.459 e. The fourth-order valence-corrected chi connectivity index (χ4v) is 4.37. The van der Waals surface area contributed by atoms with Crippen LogP contribution in [0.5, 0.6) is 0 Å². The van der Waals surface area contributed by atoms with Gasteiger partial charge in [-0.1, -0.05) is 51.1 Å². The second-order valence-electron chi connectivity index (χ2n) is 7.81. The Hall–Kier alpha value is -1.66. The van der Waals surface area contributed by atoms with Gasteiger partial charge in [-0.2, -0.15) is 0 Å². The Balaban J connectivity index is 1.65. The predicted octanol–water partition coefficient (Wildman–Crippen LogP) is 6.95. The molecule has 1 aliphatic carbocycles. The highest BCUT2D eigenvalue weighted by Gasteiger charge is 2.30. The summed E-state index contributed by atoms with van der Waals surface area (Å²) in [6.07, 6.45) is 5.44. The highest BCUT2D eigenvalue weighted by molar-refractivity contribution is 9.10. The van der Waals surface area contributed by atoms with E-state index in [4.69, 9.17) is 9.47 Å². The maximum atomic E-state index is 12.7. The molecule has 4 nitrogen and oxygen atoms in total. The molecular formula is C24H26Br2O4. The molecule has 1 fully saturated rings. The zero-order chi connectivity index (χ0) is 21.5. The molecule has 0 heterocycles. The van der Waals surface area contributed by atoms with Crippen LogP contribution < -0.4 is 0 Å². The van der Waals surface area contributed by atoms with Crippen LogP contribution in [0.15, 0.2) is 57.5 Å². The van der Waals surface area contributed by atoms with Gasteiger partial charge in [0.1, 0.15) is 12.2 Å². The lowest BCUT2D eigenvalue weighted by Crippen LogP contribution is -2.33. The van der Waals surface area contributed by atoms with Crippen LogP contribution in [-0.2, 0) is 9.47 Å². The summed E-state index contributed by atoms with van der Waals surface area (Å²) < 4.78 is 13.4. The van der Waals surface area contributed by atoms with Crippen molar-refractivity contribution in [2.75, 3.05) is 0 Å². The second kappa shape index (κ2) is 11.1. The van der Waals surface area contributed by atoms with Gasteiger partial charge in [0.15, 0.2) is 0 Å². The molecule has 0 aliphatic heterocycles. The minimum atomic E-state index is -0.364. The van der Waals surface area contributed by atoms with Crippen molar-refractivity contribution in [1.82, 2.24) is 0 Å². The fraction of sp³-hybridized carbons (Fsp3) is 0.417. The van der Waals surface area contributed by atoms with Gasteiger partial charge in [0.2, 0.25) is 0 Å². The monoisotopic (exact) mass is 536 g/mol. The maximum Gasteiger partial charge on any atom is 0.338 e. The summed E-state index contributed by atoms with van der Waals surface area (Å²) in [7, 11) is 0. The number of hydrogen-bond acceptors (Lipinski definition) is 4. The number of esters is 2. The van der Waals surface area contributed by atoms with E-state index in [0.29, 0.717) is 23.5 Å². The van der Waals surface area contributed by atoms with E-state index in [0.717, 1.165) is 34.6 Å². The van der Waals surface area contributed by atoms with Gasteiger partial charge in [0, 0.05) is 15.4 Å². The normalized spacial score (nSPS) is 16.5. The van der Waals surface area contributed by atoms with Crippen LogP contribution in [-0.4, -0.2) is 24.1 Å². The lowest BCUT2D eigenvalue weighted by atomic mass is 9.83. The Morgan fingerprint density at radius 3 is 1.80 bits per heavy atom. The number of benzene rings is 2. The van der Waals surface area contributed by atoms with Crippen molar-refractivity contribution in [3.8, 4) is 0 Å². The summed E-state index contributed by atoms with van der Waals surface area (Å²) in [5.74, 6) is -0.395. The molecule has 0 aromatic heterocycles. The number of hydrogen-bond donors (Lipinski definition) is 0. The van der Waals surface area contributed by atoms with Crippen LogP contribution in [0.2, 0.25) is 0 Å². The van der Waals surface area contributed by atoms with Crippen molar-refractivity contribution in [3.05, 3.63) is 68.6 Å². The molecular weight excluding hydrogens is 512 g/mol. The van der Waals surface area contributed by atoms with Gasteiger partial charge in [0.05, 0.1) is 11.1 Å². The van der Waals surface area contributed by atoms with Gasteiger partial charge < -0.3 is 9.47 Å². The van der Waals surface area contributed by atoms with E-state index in [9.17, 15) is 9.59 Å². The fourth-order valence-electron chi connectivity index (χ4n) is 3.85. The summed E-state index contributed by atoms with van der Waals surface area (Å²) in [6.45, 7) is 1.86. The molecule has 160 valence electrons. The zero-order valence-corrected chi connectivity index (χ0v) is 20.2. The third-order valence-corrected chi connectivity index (χ3v) is 6.52. The third-order valence-electron chi connectivity index (χ3n) is 5.47. The predicted molar refractivity (Wildman–Crippen MR) is 124 cm³/mol. The van der Waals surface area contributed by atoms with Crippen LogP contribution in [0, 0.1) is 5.92 Å². The summed E-state index contributed by atoms with van der Waals surface area (Å²) in [6, 6.07) is 14.2. The molecule has 0 amide bonds. The molecule has 1 saturated carbocycles. The van der Waals surface area contributed by atoms with E-state index < -0.39 is 0 Å². The Morgan fingerprint density at radius 1 is 0.833 bits per heavy atom. The molecule has 1 aliphatic rings. The van der Waals surface area contributed by atoms with Gasteiger partial charge >= 0.3 is 11.9 Å². The van der Waals surface area contributed by atoms with E-state index >= 15 is 0 Å². The Morgan fingerprint density at radius 2 is 1.30 bits per heavy atom. The van der Waals surface area contributed by atoms with Crippen molar-refractivity contribution >= 4 is 43.8 Å². The molecule has 0 unspecified atom stereocenters. The molecule has 0 N–H and O–H groups in total. The number of rotatable bonds is 7. The Bertz CT molecular complexity index is 843. The van der Waals surface area contributed by atoms with Crippen LogP contribution >= 0.6 is 31.9 Å². The lowest BCUT2D eigenvalue weighted by molar-refractivity contribution is -0.0177. The van der Waals surface area contributed by atoms with Crippen LogP contribution in [0.3, 0.4) is 0 Å². The van der Waals surface area contributed by atoms with E-state index in [1.165, 1.54) is 6.42 Å². The quantitative estimate of drug-likeness (QED) is 0.358. The zero-order valence-electron chi connectivity index (χ0n) is 17.0. The molecule has 2 aromatic carbocycles. The average Bonchev–Trinajstić information content (AvgIpc) is 2.74. The van der Waals surface area contributed by atoms with E-state index in [-0.39, 0.29) is 24.1 Å². The third kappa shape index (κ3) is 6.67. The highest BCUT2D eigenvalue weighted by Crippen LogP contribution is 2.31. The second-order valence-corrected chi connectivity index (χ2v) is 9.64. The summed E-state index contributed by atoms with van der Waals surface area (Å²) >= 11 is 6.75. The molecule has 0 spiro atoms.